The molecule has 1 saturated heterocycles. The lowest BCUT2D eigenvalue weighted by atomic mass is 9.57. The first kappa shape index (κ1) is 19.3. The van der Waals surface area contributed by atoms with Gasteiger partial charge in [-0.25, -0.2) is 0 Å². The van der Waals surface area contributed by atoms with Crippen molar-refractivity contribution in [2.45, 2.75) is 24.3 Å². The van der Waals surface area contributed by atoms with Crippen molar-refractivity contribution >= 4 is 40.7 Å². The van der Waals surface area contributed by atoms with E-state index in [0.29, 0.717) is 17.1 Å². The first-order valence-electron chi connectivity index (χ1n) is 9.83. The van der Waals surface area contributed by atoms with E-state index in [1.54, 1.807) is 24.5 Å². The van der Waals surface area contributed by atoms with E-state index in [-0.39, 0.29) is 30.1 Å². The van der Waals surface area contributed by atoms with Gasteiger partial charge < -0.3 is 10.6 Å². The Morgan fingerprint density at radius 3 is 2.77 bits per heavy atom. The summed E-state index contributed by atoms with van der Waals surface area (Å²) in [6.45, 7) is 0. The molecule has 1 unspecified atom stereocenters. The Hall–Kier alpha value is -2.63. The molecule has 3 aliphatic rings. The fourth-order valence-corrected chi connectivity index (χ4v) is 5.64. The first-order valence-corrected chi connectivity index (χ1v) is 10.6. The van der Waals surface area contributed by atoms with Crippen LogP contribution in [0.25, 0.3) is 0 Å². The van der Waals surface area contributed by atoms with Gasteiger partial charge in [-0.3, -0.25) is 14.6 Å². The maximum absolute atomic E-state index is 13.7. The van der Waals surface area contributed by atoms with Crippen molar-refractivity contribution in [2.24, 2.45) is 11.8 Å². The van der Waals surface area contributed by atoms with E-state index in [9.17, 15) is 9.59 Å². The zero-order chi connectivity index (χ0) is 20.9. The van der Waals surface area contributed by atoms with Crippen LogP contribution < -0.4 is 10.6 Å². The maximum Gasteiger partial charge on any atom is 0.237 e. The van der Waals surface area contributed by atoms with Gasteiger partial charge in [-0.1, -0.05) is 47.5 Å². The van der Waals surface area contributed by atoms with Crippen LogP contribution in [0.3, 0.4) is 0 Å². The molecule has 1 aromatic heterocycles. The highest BCUT2D eigenvalue weighted by Gasteiger charge is 2.62. The summed E-state index contributed by atoms with van der Waals surface area (Å²) in [7, 11) is 0. The number of carbonyl (C=O) groups is 2. The van der Waals surface area contributed by atoms with Crippen LogP contribution in [0.2, 0.25) is 5.02 Å². The Bertz CT molecular complexity index is 1100. The Kier molecular flexibility index (Phi) is 4.68. The van der Waals surface area contributed by atoms with Gasteiger partial charge >= 0.3 is 0 Å². The van der Waals surface area contributed by atoms with Crippen molar-refractivity contribution in [1.29, 1.82) is 0 Å². The van der Waals surface area contributed by atoms with E-state index in [4.69, 9.17) is 23.2 Å². The fraction of sp³-hybridized carbons (Fsp3) is 0.261. The molecule has 1 fully saturated rings. The van der Waals surface area contributed by atoms with Crippen LogP contribution in [0, 0.1) is 11.8 Å². The number of nitrogens with one attached hydrogen (secondary N) is 2. The molecule has 2 aromatic rings. The van der Waals surface area contributed by atoms with E-state index >= 15 is 0 Å². The Balaban J connectivity index is 1.75. The Morgan fingerprint density at radius 2 is 2.00 bits per heavy atom. The maximum atomic E-state index is 13.7. The molecule has 1 aromatic carbocycles. The van der Waals surface area contributed by atoms with E-state index in [0.717, 1.165) is 16.2 Å². The smallest absolute Gasteiger partial charge is 0.237 e. The molecule has 4 atom stereocenters. The average Bonchev–Trinajstić information content (AvgIpc) is 3.01. The number of fused-ring (bicyclic) bond motifs is 2. The van der Waals surface area contributed by atoms with Crippen molar-refractivity contribution in [3.63, 3.8) is 0 Å². The highest BCUT2D eigenvalue weighted by atomic mass is 35.5. The minimum absolute atomic E-state index is 0.0555. The minimum atomic E-state index is -1.000. The summed E-state index contributed by atoms with van der Waals surface area (Å²) in [4.78, 5) is 30.8. The number of allylic oxidation sites excluding steroid dienone is 4. The molecule has 2 N–H and O–H groups in total. The van der Waals surface area contributed by atoms with Gasteiger partial charge in [0.15, 0.2) is 0 Å². The molecule has 0 radical (unpaired) electrons. The van der Waals surface area contributed by atoms with E-state index in [1.165, 1.54) is 0 Å². The number of benzene rings is 1. The molecule has 0 bridgehead atoms. The summed E-state index contributed by atoms with van der Waals surface area (Å²) >= 11 is 12.6. The molecule has 2 aliphatic heterocycles. The molecule has 2 amide bonds. The lowest BCUT2D eigenvalue weighted by molar-refractivity contribution is -0.135. The van der Waals surface area contributed by atoms with Gasteiger partial charge in [0.1, 0.15) is 5.41 Å². The number of carbonyl (C=O) groups excluding carboxylic acids is 2. The molecule has 0 saturated carbocycles. The molecule has 7 heteroatoms. The highest BCUT2D eigenvalue weighted by Crippen LogP contribution is 2.57. The van der Waals surface area contributed by atoms with Crippen LogP contribution in [-0.4, -0.2) is 16.8 Å². The number of anilines is 1. The van der Waals surface area contributed by atoms with Crippen molar-refractivity contribution in [3.8, 4) is 0 Å². The van der Waals surface area contributed by atoms with Gasteiger partial charge in [-0.2, -0.15) is 0 Å². The van der Waals surface area contributed by atoms with Crippen LogP contribution in [-0.2, 0) is 15.0 Å². The zero-order valence-corrected chi connectivity index (χ0v) is 17.5. The second kappa shape index (κ2) is 7.25. The average molecular weight is 440 g/mol. The number of rotatable bonds is 2. The number of hydrogen-bond acceptors (Lipinski definition) is 3. The topological polar surface area (TPSA) is 71.1 Å². The van der Waals surface area contributed by atoms with Crippen molar-refractivity contribution in [2.75, 3.05) is 5.32 Å². The molecule has 1 aliphatic carbocycles. The summed E-state index contributed by atoms with van der Waals surface area (Å²) < 4.78 is 0. The van der Waals surface area contributed by atoms with E-state index < -0.39 is 11.5 Å². The third-order valence-corrected chi connectivity index (χ3v) is 6.92. The molecular weight excluding hydrogens is 421 g/mol. The Labute approximate surface area is 184 Å². The summed E-state index contributed by atoms with van der Waals surface area (Å²) in [5.74, 6) is -0.566. The molecular formula is C23H19Cl2N3O2. The number of pyridine rings is 1. The van der Waals surface area contributed by atoms with Gasteiger partial charge in [-0.05, 0) is 53.7 Å². The zero-order valence-electron chi connectivity index (χ0n) is 15.9. The molecule has 30 heavy (non-hydrogen) atoms. The van der Waals surface area contributed by atoms with Crippen LogP contribution >= 0.6 is 23.2 Å². The van der Waals surface area contributed by atoms with Crippen LogP contribution in [0.1, 0.15) is 30.0 Å². The van der Waals surface area contributed by atoms with Gasteiger partial charge in [0.2, 0.25) is 11.8 Å². The molecule has 152 valence electrons. The van der Waals surface area contributed by atoms with Crippen LogP contribution in [0.5, 0.6) is 0 Å². The standard InChI is InChI=1S/C23H19Cl2N3O2/c24-15-5-1-3-13(9-15)18-11-20(29)28-21(14-4-2-8-26-12-14)23(18)17-7-6-16(25)10-19(17)27-22(23)30/h1-8,10,12-13,18,21H,9,11H2,(H,27,30)(H,28,29)/t13?,18-,21-,23-/m0/s1. The Morgan fingerprint density at radius 1 is 1.13 bits per heavy atom. The first-order chi connectivity index (χ1) is 14.5. The monoisotopic (exact) mass is 439 g/mol. The van der Waals surface area contributed by atoms with Gasteiger partial charge in [0.05, 0.1) is 6.04 Å². The number of halogens is 2. The van der Waals surface area contributed by atoms with E-state index in [1.807, 2.05) is 30.4 Å². The lowest BCUT2D eigenvalue weighted by Crippen LogP contribution is -2.59. The SMILES string of the molecule is O=C1C[C@@H](C2C=CC=C(Cl)C2)[C@]2(C(=O)Nc3cc(Cl)ccc32)[C@H](c2cccnc2)N1. The molecule has 1 spiro atoms. The second-order valence-corrected chi connectivity index (χ2v) is 8.90. The predicted molar refractivity (Wildman–Crippen MR) is 116 cm³/mol. The number of amides is 2. The van der Waals surface area contributed by atoms with Crippen LogP contribution in [0.15, 0.2) is 66.0 Å². The fourth-order valence-electron chi connectivity index (χ4n) is 5.21. The third-order valence-electron chi connectivity index (χ3n) is 6.40. The van der Waals surface area contributed by atoms with Crippen molar-refractivity contribution in [3.05, 3.63) is 82.1 Å². The van der Waals surface area contributed by atoms with Crippen molar-refractivity contribution < 1.29 is 9.59 Å². The van der Waals surface area contributed by atoms with Gasteiger partial charge in [0, 0.05) is 34.6 Å². The summed E-state index contributed by atoms with van der Waals surface area (Å²) in [5.41, 5.74) is 1.31. The number of hydrogen-bond donors (Lipinski definition) is 2. The molecule has 5 rings (SSSR count). The molecule has 5 nitrogen and oxygen atoms in total. The van der Waals surface area contributed by atoms with Gasteiger partial charge in [-0.15, -0.1) is 0 Å². The summed E-state index contributed by atoms with van der Waals surface area (Å²) in [6, 6.07) is 8.60. The number of piperidine rings is 1. The normalized spacial score (nSPS) is 29.9. The number of nitrogens with zero attached hydrogens (tertiary/aromatic N) is 1. The largest absolute Gasteiger partial charge is 0.348 e. The van der Waals surface area contributed by atoms with E-state index in [2.05, 4.69) is 21.7 Å². The van der Waals surface area contributed by atoms with Crippen molar-refractivity contribution in [1.82, 2.24) is 10.3 Å². The summed E-state index contributed by atoms with van der Waals surface area (Å²) in [5, 5.41) is 7.38. The minimum Gasteiger partial charge on any atom is -0.348 e. The highest BCUT2D eigenvalue weighted by molar-refractivity contribution is 6.31. The molecule has 3 heterocycles. The van der Waals surface area contributed by atoms with Gasteiger partial charge in [0.25, 0.3) is 0 Å². The quantitative estimate of drug-likeness (QED) is 0.723. The lowest BCUT2D eigenvalue weighted by Gasteiger charge is -2.48. The third kappa shape index (κ3) is 2.88. The predicted octanol–water partition coefficient (Wildman–Crippen LogP) is 4.50. The second-order valence-electron chi connectivity index (χ2n) is 7.98. The summed E-state index contributed by atoms with van der Waals surface area (Å²) in [6.07, 6.45) is 10.0. The van der Waals surface area contributed by atoms with Crippen LogP contribution in [0.4, 0.5) is 5.69 Å². The number of aromatic nitrogens is 1.